The van der Waals surface area contributed by atoms with Crippen LogP contribution >= 0.6 is 0 Å². The summed E-state index contributed by atoms with van der Waals surface area (Å²) in [4.78, 5) is 30.7. The molecule has 3 aromatic rings. The van der Waals surface area contributed by atoms with Crippen LogP contribution in [-0.2, 0) is 4.79 Å². The van der Waals surface area contributed by atoms with Crippen molar-refractivity contribution in [2.24, 2.45) is 5.73 Å². The molecule has 0 aliphatic carbocycles. The van der Waals surface area contributed by atoms with Crippen molar-refractivity contribution in [2.75, 3.05) is 18.8 Å². The lowest BCUT2D eigenvalue weighted by Crippen LogP contribution is -2.35. The second kappa shape index (κ2) is 10.7. The number of primary amides is 1. The van der Waals surface area contributed by atoms with Crippen molar-refractivity contribution in [1.29, 1.82) is 0 Å². The molecular formula is C26H28N6O3. The van der Waals surface area contributed by atoms with Crippen LogP contribution in [0.3, 0.4) is 0 Å². The van der Waals surface area contributed by atoms with E-state index in [1.807, 2.05) is 30.3 Å². The van der Waals surface area contributed by atoms with Crippen LogP contribution in [0.5, 0.6) is 11.6 Å². The number of pyridine rings is 1. The predicted octanol–water partition coefficient (Wildman–Crippen LogP) is 3.39. The van der Waals surface area contributed by atoms with Crippen LogP contribution in [0, 0.1) is 11.8 Å². The van der Waals surface area contributed by atoms with E-state index in [1.165, 1.54) is 0 Å². The highest BCUT2D eigenvalue weighted by molar-refractivity contribution is 6.03. The molecule has 4 N–H and O–H groups in total. The number of amides is 2. The zero-order chi connectivity index (χ0) is 24.8. The molecular weight excluding hydrogens is 444 g/mol. The van der Waals surface area contributed by atoms with Gasteiger partial charge >= 0.3 is 0 Å². The molecule has 180 valence electrons. The fourth-order valence-electron chi connectivity index (χ4n) is 4.24. The van der Waals surface area contributed by atoms with E-state index in [4.69, 9.17) is 21.3 Å². The van der Waals surface area contributed by atoms with E-state index in [0.29, 0.717) is 42.4 Å². The van der Waals surface area contributed by atoms with E-state index in [-0.39, 0.29) is 23.3 Å². The Bertz CT molecular complexity index is 1260. The van der Waals surface area contributed by atoms with Crippen molar-refractivity contribution >= 4 is 17.6 Å². The predicted molar refractivity (Wildman–Crippen MR) is 132 cm³/mol. The summed E-state index contributed by atoms with van der Waals surface area (Å²) >= 11 is 0. The summed E-state index contributed by atoms with van der Waals surface area (Å²) in [6.45, 7) is 2.86. The molecule has 0 unspecified atom stereocenters. The summed E-state index contributed by atoms with van der Waals surface area (Å²) in [7, 11) is 0. The standard InChI is InChI=1S/C26H28N6O3/c1-2-8-22(33)31-15-7-6-9-19(14-16-31)32-25(27)23(26(28)34)24(30-32)18-12-13-21(29-17-18)35-20-10-4-3-5-11-20/h3-5,10-13,17,19H,6-7,9,14-16,27H2,1H3,(H2,28,34)/t19-/m0/s1. The molecule has 1 aromatic carbocycles. The van der Waals surface area contributed by atoms with Gasteiger partial charge in [-0.05, 0) is 56.7 Å². The first-order valence-electron chi connectivity index (χ1n) is 11.6. The number of benzene rings is 1. The number of nitrogens with zero attached hydrogens (tertiary/aromatic N) is 4. The Morgan fingerprint density at radius 2 is 1.89 bits per heavy atom. The number of ether oxygens (including phenoxy) is 1. The van der Waals surface area contributed by atoms with E-state index in [0.717, 1.165) is 19.3 Å². The lowest BCUT2D eigenvalue weighted by Gasteiger charge is -2.27. The van der Waals surface area contributed by atoms with Crippen LogP contribution in [0.4, 0.5) is 5.82 Å². The van der Waals surface area contributed by atoms with Gasteiger partial charge in [-0.25, -0.2) is 9.67 Å². The van der Waals surface area contributed by atoms with Crippen LogP contribution in [0.1, 0.15) is 49.0 Å². The number of aromatic nitrogens is 3. The van der Waals surface area contributed by atoms with Crippen LogP contribution in [-0.4, -0.2) is 44.6 Å². The van der Waals surface area contributed by atoms with Gasteiger partial charge in [-0.15, -0.1) is 0 Å². The summed E-state index contributed by atoms with van der Waals surface area (Å²) in [6.07, 6.45) is 4.80. The fraction of sp³-hybridized carbons (Fsp3) is 0.308. The molecule has 2 aromatic heterocycles. The van der Waals surface area contributed by atoms with E-state index in [2.05, 4.69) is 16.8 Å². The number of hydrogen-bond donors (Lipinski definition) is 2. The minimum Gasteiger partial charge on any atom is -0.439 e. The molecule has 9 nitrogen and oxygen atoms in total. The van der Waals surface area contributed by atoms with E-state index in [9.17, 15) is 9.59 Å². The molecule has 1 aliphatic rings. The van der Waals surface area contributed by atoms with Crippen LogP contribution < -0.4 is 16.2 Å². The van der Waals surface area contributed by atoms with Crippen molar-refractivity contribution in [3.63, 3.8) is 0 Å². The summed E-state index contributed by atoms with van der Waals surface area (Å²) in [5, 5.41) is 4.70. The van der Waals surface area contributed by atoms with Crippen molar-refractivity contribution in [3.8, 4) is 34.7 Å². The van der Waals surface area contributed by atoms with Gasteiger partial charge in [-0.1, -0.05) is 24.1 Å². The molecule has 1 atom stereocenters. The highest BCUT2D eigenvalue weighted by atomic mass is 16.5. The topological polar surface area (TPSA) is 129 Å². The van der Waals surface area contributed by atoms with Crippen molar-refractivity contribution in [1.82, 2.24) is 19.7 Å². The molecule has 9 heteroatoms. The summed E-state index contributed by atoms with van der Waals surface area (Å²) in [6, 6.07) is 12.7. The molecule has 0 bridgehead atoms. The number of nitrogen functional groups attached to an aromatic ring is 1. The lowest BCUT2D eigenvalue weighted by molar-refractivity contribution is -0.125. The minimum absolute atomic E-state index is 0.0827. The number of anilines is 1. The molecule has 0 spiro atoms. The Labute approximate surface area is 204 Å². The normalized spacial score (nSPS) is 15.9. The molecule has 1 aliphatic heterocycles. The molecule has 0 radical (unpaired) electrons. The van der Waals surface area contributed by atoms with E-state index < -0.39 is 5.91 Å². The van der Waals surface area contributed by atoms with Gasteiger partial charge in [-0.3, -0.25) is 9.59 Å². The minimum atomic E-state index is -0.658. The number of para-hydroxylation sites is 1. The highest BCUT2D eigenvalue weighted by Crippen LogP contribution is 2.33. The van der Waals surface area contributed by atoms with Gasteiger partial charge in [0.05, 0.1) is 6.04 Å². The molecule has 35 heavy (non-hydrogen) atoms. The number of rotatable bonds is 5. The lowest BCUT2D eigenvalue weighted by atomic mass is 10.0. The van der Waals surface area contributed by atoms with Gasteiger partial charge < -0.3 is 21.1 Å². The Morgan fingerprint density at radius 1 is 1.09 bits per heavy atom. The van der Waals surface area contributed by atoms with Crippen LogP contribution in [0.2, 0.25) is 0 Å². The van der Waals surface area contributed by atoms with E-state index >= 15 is 0 Å². The first kappa shape index (κ1) is 23.8. The molecule has 2 amide bonds. The third-order valence-electron chi connectivity index (χ3n) is 5.98. The zero-order valence-corrected chi connectivity index (χ0v) is 19.6. The second-order valence-electron chi connectivity index (χ2n) is 8.32. The van der Waals surface area contributed by atoms with Crippen LogP contribution in [0.15, 0.2) is 48.7 Å². The third-order valence-corrected chi connectivity index (χ3v) is 5.98. The van der Waals surface area contributed by atoms with E-state index in [1.54, 1.807) is 34.8 Å². The maximum atomic E-state index is 12.3. The van der Waals surface area contributed by atoms with Gasteiger partial charge in [0, 0.05) is 30.9 Å². The average Bonchev–Trinajstić information content (AvgIpc) is 3.17. The number of likely N-dealkylation sites (tertiary alicyclic amines) is 1. The SMILES string of the molecule is CC#CC(=O)N1CCCC[C@H](n2nc(-c3ccc(Oc4ccccc4)nc3)c(C(N)=O)c2N)CC1. The van der Waals surface area contributed by atoms with Gasteiger partial charge in [0.15, 0.2) is 0 Å². The number of carbonyl (C=O) groups is 2. The second-order valence-corrected chi connectivity index (χ2v) is 8.32. The van der Waals surface area contributed by atoms with Crippen molar-refractivity contribution in [2.45, 2.75) is 38.6 Å². The molecule has 3 heterocycles. The molecule has 0 saturated carbocycles. The molecule has 4 rings (SSSR count). The first-order chi connectivity index (χ1) is 17.0. The Morgan fingerprint density at radius 3 is 2.57 bits per heavy atom. The van der Waals surface area contributed by atoms with Gasteiger partial charge in [0.1, 0.15) is 22.8 Å². The van der Waals surface area contributed by atoms with Gasteiger partial charge in [0.25, 0.3) is 11.8 Å². The smallest absolute Gasteiger partial charge is 0.298 e. The van der Waals surface area contributed by atoms with Crippen molar-refractivity contribution < 1.29 is 14.3 Å². The Hall–Kier alpha value is -4.32. The summed E-state index contributed by atoms with van der Waals surface area (Å²) < 4.78 is 7.42. The first-order valence-corrected chi connectivity index (χ1v) is 11.6. The van der Waals surface area contributed by atoms with Gasteiger partial charge in [0.2, 0.25) is 5.88 Å². The molecule has 1 saturated heterocycles. The Kier molecular flexibility index (Phi) is 7.31. The maximum absolute atomic E-state index is 12.3. The van der Waals surface area contributed by atoms with Crippen molar-refractivity contribution in [3.05, 3.63) is 54.2 Å². The summed E-state index contributed by atoms with van der Waals surface area (Å²) in [5.41, 5.74) is 13.2. The highest BCUT2D eigenvalue weighted by Gasteiger charge is 2.27. The number of nitrogens with two attached hydrogens (primary N) is 2. The van der Waals surface area contributed by atoms with Crippen LogP contribution in [0.25, 0.3) is 11.3 Å². The molecule has 1 fully saturated rings. The monoisotopic (exact) mass is 472 g/mol. The quantitative estimate of drug-likeness (QED) is 0.548. The fourth-order valence-corrected chi connectivity index (χ4v) is 4.24. The maximum Gasteiger partial charge on any atom is 0.298 e. The Balaban J connectivity index is 1.60. The number of hydrogen-bond acceptors (Lipinski definition) is 6. The number of carbonyl (C=O) groups excluding carboxylic acids is 2. The summed E-state index contributed by atoms with van der Waals surface area (Å²) in [5.74, 6) is 5.74. The zero-order valence-electron chi connectivity index (χ0n) is 19.6. The third kappa shape index (κ3) is 5.44. The van der Waals surface area contributed by atoms with Gasteiger partial charge in [-0.2, -0.15) is 5.10 Å². The largest absolute Gasteiger partial charge is 0.439 e. The average molecular weight is 473 g/mol.